The van der Waals surface area contributed by atoms with Crippen LogP contribution in [0.3, 0.4) is 0 Å². The molecule has 2 aliphatic heterocycles. The number of ether oxygens (including phenoxy) is 2. The minimum atomic E-state index is -0.801. The summed E-state index contributed by atoms with van der Waals surface area (Å²) >= 11 is 0. The van der Waals surface area contributed by atoms with E-state index in [9.17, 15) is 9.90 Å². The van der Waals surface area contributed by atoms with E-state index in [2.05, 4.69) is 36.1 Å². The minimum Gasteiger partial charge on any atom is -0.473 e. The first-order valence-electron chi connectivity index (χ1n) is 17.2. The number of carboxylic acid groups (broad SMARTS) is 1. The summed E-state index contributed by atoms with van der Waals surface area (Å²) in [7, 11) is 1.99. The van der Waals surface area contributed by atoms with Gasteiger partial charge in [0, 0.05) is 50.7 Å². The quantitative estimate of drug-likeness (QED) is 0.165. The Balaban J connectivity index is 1.10. The molecule has 1 fully saturated rings. The van der Waals surface area contributed by atoms with Crippen LogP contribution < -0.4 is 9.47 Å². The number of hydrogen-bond acceptors (Lipinski definition) is 6. The van der Waals surface area contributed by atoms with Crippen molar-refractivity contribution in [1.82, 2.24) is 24.6 Å². The lowest BCUT2D eigenvalue weighted by molar-refractivity contribution is 0.0919. The van der Waals surface area contributed by atoms with Crippen LogP contribution in [0, 0.1) is 5.92 Å². The second kappa shape index (κ2) is 14.5. The largest absolute Gasteiger partial charge is 0.473 e. The smallest absolute Gasteiger partial charge is 0.407 e. The average molecular weight is 658 g/mol. The van der Waals surface area contributed by atoms with Crippen LogP contribution in [0.1, 0.15) is 42.9 Å². The number of carbonyl (C=O) groups is 1. The number of piperidine rings is 1. The standard InChI is InChI=1S/C40H43N5O4/c1-28(31-17-23-45(24-18-31)40(46)47)44-21-19-32(20-22-44)33-13-14-34-36(25-33)43(2)42-38(34)35-15-16-37(48-26-29-9-5-3-6-10-29)41-39(35)49-27-30-11-7-4-8-12-30/h3-16,19,25,28,31H,17-18,20-24,26-27H2,1-2H3,(H,46,47)/t28-/m1/s1. The van der Waals surface area contributed by atoms with E-state index < -0.39 is 6.09 Å². The summed E-state index contributed by atoms with van der Waals surface area (Å²) in [5.41, 5.74) is 7.37. The average Bonchev–Trinajstić information content (AvgIpc) is 3.48. The molecule has 9 nitrogen and oxygen atoms in total. The molecular formula is C40H43N5O4. The number of pyridine rings is 1. The molecule has 49 heavy (non-hydrogen) atoms. The topological polar surface area (TPSA) is 93.0 Å². The van der Waals surface area contributed by atoms with Crippen LogP contribution in [-0.2, 0) is 20.3 Å². The van der Waals surface area contributed by atoms with Crippen molar-refractivity contribution in [3.8, 4) is 23.0 Å². The van der Waals surface area contributed by atoms with Crippen molar-refractivity contribution >= 4 is 22.6 Å². The van der Waals surface area contributed by atoms with Crippen molar-refractivity contribution < 1.29 is 19.4 Å². The maximum atomic E-state index is 11.3. The molecule has 0 unspecified atom stereocenters. The Bertz CT molecular complexity index is 1930. The van der Waals surface area contributed by atoms with E-state index in [1.165, 1.54) is 11.1 Å². The highest BCUT2D eigenvalue weighted by Crippen LogP contribution is 2.37. The number of benzene rings is 3. The predicted molar refractivity (Wildman–Crippen MR) is 191 cm³/mol. The highest BCUT2D eigenvalue weighted by molar-refractivity contribution is 5.96. The van der Waals surface area contributed by atoms with Crippen molar-refractivity contribution in [3.05, 3.63) is 114 Å². The molecule has 1 N–H and O–H groups in total. The van der Waals surface area contributed by atoms with Crippen molar-refractivity contribution in [1.29, 1.82) is 0 Å². The molecule has 252 valence electrons. The summed E-state index contributed by atoms with van der Waals surface area (Å²) in [6.45, 7) is 6.26. The van der Waals surface area contributed by atoms with Crippen LogP contribution in [0.5, 0.6) is 11.8 Å². The normalized spacial score (nSPS) is 16.4. The number of hydrogen-bond donors (Lipinski definition) is 1. The molecule has 0 aliphatic carbocycles. The number of nitrogens with zero attached hydrogens (tertiary/aromatic N) is 5. The highest BCUT2D eigenvalue weighted by Gasteiger charge is 2.30. The van der Waals surface area contributed by atoms with Crippen LogP contribution in [0.25, 0.3) is 27.7 Å². The Morgan fingerprint density at radius 1 is 0.898 bits per heavy atom. The zero-order chi connectivity index (χ0) is 33.7. The fourth-order valence-electron chi connectivity index (χ4n) is 7.10. The van der Waals surface area contributed by atoms with Gasteiger partial charge in [0.25, 0.3) is 0 Å². The fourth-order valence-corrected chi connectivity index (χ4v) is 7.10. The van der Waals surface area contributed by atoms with Crippen LogP contribution in [0.15, 0.2) is 97.1 Å². The fraction of sp³-hybridized carbons (Fsp3) is 0.325. The van der Waals surface area contributed by atoms with Crippen LogP contribution in [0.4, 0.5) is 4.79 Å². The Morgan fingerprint density at radius 3 is 2.24 bits per heavy atom. The Morgan fingerprint density at radius 2 is 1.59 bits per heavy atom. The summed E-state index contributed by atoms with van der Waals surface area (Å²) in [5.74, 6) is 1.50. The predicted octanol–water partition coefficient (Wildman–Crippen LogP) is 7.66. The molecule has 9 heteroatoms. The van der Waals surface area contributed by atoms with Gasteiger partial charge in [0.2, 0.25) is 11.8 Å². The second-order valence-corrected chi connectivity index (χ2v) is 13.1. The molecule has 2 aromatic heterocycles. The SMILES string of the molecule is C[C@H](C1CCN(C(=O)O)CC1)N1CC=C(c2ccc3c(-c4ccc(OCc5ccccc5)nc4OCc4ccccc4)nn(C)c3c2)CC1. The minimum absolute atomic E-state index is 0.378. The third-order valence-electron chi connectivity index (χ3n) is 10.1. The Kier molecular flexibility index (Phi) is 9.61. The van der Waals surface area contributed by atoms with E-state index in [0.717, 1.165) is 65.6 Å². The molecule has 0 spiro atoms. The maximum Gasteiger partial charge on any atom is 0.407 e. The van der Waals surface area contributed by atoms with Gasteiger partial charge < -0.3 is 19.5 Å². The van der Waals surface area contributed by atoms with Gasteiger partial charge >= 0.3 is 6.09 Å². The monoisotopic (exact) mass is 657 g/mol. The molecule has 4 heterocycles. The molecule has 0 bridgehead atoms. The molecular weight excluding hydrogens is 614 g/mol. The van der Waals surface area contributed by atoms with Gasteiger partial charge in [-0.25, -0.2) is 4.79 Å². The van der Waals surface area contributed by atoms with E-state index >= 15 is 0 Å². The van der Waals surface area contributed by atoms with Gasteiger partial charge in [-0.1, -0.05) is 72.8 Å². The molecule has 1 amide bonds. The zero-order valence-corrected chi connectivity index (χ0v) is 28.2. The van der Waals surface area contributed by atoms with Gasteiger partial charge in [-0.15, -0.1) is 0 Å². The maximum absolute atomic E-state index is 11.3. The van der Waals surface area contributed by atoms with Gasteiger partial charge in [0.05, 0.1) is 11.1 Å². The Hall–Kier alpha value is -5.15. The van der Waals surface area contributed by atoms with E-state index in [4.69, 9.17) is 19.6 Å². The van der Waals surface area contributed by atoms with Crippen molar-refractivity contribution in [2.24, 2.45) is 13.0 Å². The number of amides is 1. The van der Waals surface area contributed by atoms with E-state index in [1.54, 1.807) is 4.90 Å². The molecule has 0 saturated carbocycles. The van der Waals surface area contributed by atoms with Crippen molar-refractivity contribution in [3.63, 3.8) is 0 Å². The first-order chi connectivity index (χ1) is 23.9. The van der Waals surface area contributed by atoms with Gasteiger partial charge in [-0.05, 0) is 72.6 Å². The van der Waals surface area contributed by atoms with Crippen molar-refractivity contribution in [2.75, 3.05) is 26.2 Å². The number of likely N-dealkylation sites (tertiary alicyclic amines) is 1. The molecule has 7 rings (SSSR count). The van der Waals surface area contributed by atoms with Crippen LogP contribution in [-0.4, -0.2) is 68.0 Å². The van der Waals surface area contributed by atoms with Gasteiger partial charge in [-0.2, -0.15) is 10.1 Å². The summed E-state index contributed by atoms with van der Waals surface area (Å²) in [4.78, 5) is 20.2. The van der Waals surface area contributed by atoms with Gasteiger partial charge in [0.1, 0.15) is 18.9 Å². The van der Waals surface area contributed by atoms with E-state index in [-0.39, 0.29) is 0 Å². The van der Waals surface area contributed by atoms with E-state index in [0.29, 0.717) is 50.0 Å². The summed E-state index contributed by atoms with van der Waals surface area (Å²) in [5, 5.41) is 15.3. The Labute approximate surface area is 287 Å². The summed E-state index contributed by atoms with van der Waals surface area (Å²) < 4.78 is 14.4. The lowest BCUT2D eigenvalue weighted by Gasteiger charge is -2.40. The van der Waals surface area contributed by atoms with Crippen molar-refractivity contribution in [2.45, 2.75) is 45.4 Å². The number of rotatable bonds is 10. The highest BCUT2D eigenvalue weighted by atomic mass is 16.5. The third kappa shape index (κ3) is 7.32. The zero-order valence-electron chi connectivity index (χ0n) is 28.2. The first kappa shape index (κ1) is 32.4. The summed E-state index contributed by atoms with van der Waals surface area (Å²) in [6.07, 6.45) is 4.39. The van der Waals surface area contributed by atoms with Gasteiger partial charge in [0.15, 0.2) is 0 Å². The van der Waals surface area contributed by atoms with Crippen LogP contribution in [0.2, 0.25) is 0 Å². The molecule has 1 atom stereocenters. The lowest BCUT2D eigenvalue weighted by Crippen LogP contribution is -2.46. The molecule has 1 saturated heterocycles. The third-order valence-corrected chi connectivity index (χ3v) is 10.1. The molecule has 2 aliphatic rings. The molecule has 0 radical (unpaired) electrons. The second-order valence-electron chi connectivity index (χ2n) is 13.1. The van der Waals surface area contributed by atoms with Crippen LogP contribution >= 0.6 is 0 Å². The lowest BCUT2D eigenvalue weighted by atomic mass is 9.88. The molecule has 5 aromatic rings. The first-order valence-corrected chi connectivity index (χ1v) is 17.2. The number of aryl methyl sites for hydroxylation is 1. The molecule has 3 aromatic carbocycles. The number of fused-ring (bicyclic) bond motifs is 1. The summed E-state index contributed by atoms with van der Waals surface area (Å²) in [6, 6.07) is 31.1. The van der Waals surface area contributed by atoms with Gasteiger partial charge in [-0.3, -0.25) is 9.58 Å². The number of aromatic nitrogens is 3. The van der Waals surface area contributed by atoms with E-state index in [1.807, 2.05) is 84.5 Å².